The fourth-order valence-electron chi connectivity index (χ4n) is 2.56. The summed E-state index contributed by atoms with van der Waals surface area (Å²) in [4.78, 5) is 2.41. The molecule has 1 unspecified atom stereocenters. The summed E-state index contributed by atoms with van der Waals surface area (Å²) in [5.41, 5.74) is 4.41. The van der Waals surface area contributed by atoms with Gasteiger partial charge < -0.3 is 10.2 Å². The zero-order valence-corrected chi connectivity index (χ0v) is 14.0. The Morgan fingerprint density at radius 1 is 1.30 bits per heavy atom. The lowest BCUT2D eigenvalue weighted by Crippen LogP contribution is -2.39. The Bertz CT molecular complexity index is 455. The summed E-state index contributed by atoms with van der Waals surface area (Å²) >= 11 is 0. The summed E-state index contributed by atoms with van der Waals surface area (Å²) in [6, 6.07) is 8.16. The minimum absolute atomic E-state index is 0.285. The van der Waals surface area contributed by atoms with Crippen molar-refractivity contribution in [2.24, 2.45) is 5.41 Å². The lowest BCUT2D eigenvalue weighted by molar-refractivity contribution is 0.329. The molecule has 0 aliphatic heterocycles. The largest absolute Gasteiger partial charge is 0.371 e. The van der Waals surface area contributed by atoms with E-state index in [2.05, 4.69) is 70.1 Å². The average molecular weight is 274 g/mol. The molecule has 20 heavy (non-hydrogen) atoms. The van der Waals surface area contributed by atoms with Crippen LogP contribution in [0.2, 0.25) is 0 Å². The molecule has 2 nitrogen and oxygen atoms in total. The number of nitrogens with one attached hydrogen (secondary N) is 1. The zero-order chi connectivity index (χ0) is 14.9. The van der Waals surface area contributed by atoms with E-state index in [1.54, 1.807) is 0 Å². The van der Waals surface area contributed by atoms with Gasteiger partial charge in [-0.15, -0.1) is 0 Å². The van der Waals surface area contributed by atoms with E-state index < -0.39 is 0 Å². The Balaban J connectivity index is 2.07. The number of aryl methyl sites for hydroxylation is 1. The predicted molar refractivity (Wildman–Crippen MR) is 88.4 cm³/mol. The lowest BCUT2D eigenvalue weighted by atomic mass is 9.86. The van der Waals surface area contributed by atoms with Gasteiger partial charge in [0.05, 0.1) is 0 Å². The van der Waals surface area contributed by atoms with Crippen molar-refractivity contribution < 1.29 is 0 Å². The van der Waals surface area contributed by atoms with Crippen molar-refractivity contribution in [1.29, 1.82) is 0 Å². The molecule has 1 aliphatic rings. The maximum Gasteiger partial charge on any atom is 0.0396 e. The van der Waals surface area contributed by atoms with Gasteiger partial charge in [0, 0.05) is 31.4 Å². The number of nitrogens with zero attached hydrogens (tertiary/aromatic N) is 1. The monoisotopic (exact) mass is 274 g/mol. The molecule has 1 aliphatic carbocycles. The molecular formula is C18H30N2. The van der Waals surface area contributed by atoms with Crippen LogP contribution in [-0.2, 0) is 6.54 Å². The van der Waals surface area contributed by atoms with Crippen molar-refractivity contribution in [2.45, 2.75) is 66.1 Å². The normalized spacial score (nSPS) is 17.1. The first kappa shape index (κ1) is 15.4. The molecule has 112 valence electrons. The van der Waals surface area contributed by atoms with Crippen LogP contribution in [0.25, 0.3) is 0 Å². The molecule has 0 aromatic heterocycles. The topological polar surface area (TPSA) is 15.3 Å². The third-order valence-corrected chi connectivity index (χ3v) is 4.65. The number of hydrogen-bond acceptors (Lipinski definition) is 2. The van der Waals surface area contributed by atoms with Crippen LogP contribution in [-0.4, -0.2) is 19.1 Å². The van der Waals surface area contributed by atoms with E-state index in [0.717, 1.165) is 12.6 Å². The summed E-state index contributed by atoms with van der Waals surface area (Å²) < 4.78 is 0. The number of anilines is 1. The van der Waals surface area contributed by atoms with E-state index in [9.17, 15) is 0 Å². The molecular weight excluding hydrogens is 244 g/mol. The molecule has 0 heterocycles. The molecule has 2 heteroatoms. The quantitative estimate of drug-likeness (QED) is 0.869. The van der Waals surface area contributed by atoms with Crippen LogP contribution in [0.4, 0.5) is 5.69 Å². The minimum atomic E-state index is 0.285. The van der Waals surface area contributed by atoms with Crippen LogP contribution < -0.4 is 10.2 Å². The van der Waals surface area contributed by atoms with Gasteiger partial charge in [0.2, 0.25) is 0 Å². The highest BCUT2D eigenvalue weighted by Crippen LogP contribution is 2.29. The first-order valence-corrected chi connectivity index (χ1v) is 7.85. The first-order chi connectivity index (χ1) is 9.29. The Labute approximate surface area is 124 Å². The molecule has 2 rings (SSSR count). The molecule has 1 aromatic rings. The number of rotatable bonds is 5. The van der Waals surface area contributed by atoms with Crippen LogP contribution in [0.5, 0.6) is 0 Å². The van der Waals surface area contributed by atoms with Crippen LogP contribution in [0.3, 0.4) is 0 Å². The highest BCUT2D eigenvalue weighted by molar-refractivity contribution is 5.54. The molecule has 0 saturated heterocycles. The zero-order valence-electron chi connectivity index (χ0n) is 14.0. The maximum absolute atomic E-state index is 3.58. The maximum atomic E-state index is 3.58. The van der Waals surface area contributed by atoms with Gasteiger partial charge in [-0.3, -0.25) is 0 Å². The number of hydrogen-bond donors (Lipinski definition) is 1. The van der Waals surface area contributed by atoms with Gasteiger partial charge in [-0.1, -0.05) is 32.9 Å². The van der Waals surface area contributed by atoms with Gasteiger partial charge in [-0.2, -0.15) is 0 Å². The van der Waals surface area contributed by atoms with E-state index in [-0.39, 0.29) is 5.41 Å². The second-order valence-electron chi connectivity index (χ2n) is 7.43. The number of benzene rings is 1. The van der Waals surface area contributed by atoms with Crippen molar-refractivity contribution in [3.05, 3.63) is 29.3 Å². The fourth-order valence-corrected chi connectivity index (χ4v) is 2.56. The summed E-state index contributed by atoms with van der Waals surface area (Å²) in [5.74, 6) is 0. The predicted octanol–water partition coefficient (Wildman–Crippen LogP) is 4.12. The van der Waals surface area contributed by atoms with Gasteiger partial charge in [-0.25, -0.2) is 0 Å². The third-order valence-electron chi connectivity index (χ3n) is 4.65. The SMILES string of the molecule is Cc1cc(CNC2CC2)ccc1N(C)C(C)C(C)(C)C. The van der Waals surface area contributed by atoms with E-state index in [1.165, 1.54) is 29.7 Å². The Morgan fingerprint density at radius 3 is 2.45 bits per heavy atom. The molecule has 1 N–H and O–H groups in total. The first-order valence-electron chi connectivity index (χ1n) is 7.85. The van der Waals surface area contributed by atoms with Crippen molar-refractivity contribution >= 4 is 5.69 Å². The molecule has 0 spiro atoms. The lowest BCUT2D eigenvalue weighted by Gasteiger charge is -2.37. The molecule has 1 saturated carbocycles. The van der Waals surface area contributed by atoms with E-state index in [1.807, 2.05) is 0 Å². The Hall–Kier alpha value is -1.02. The van der Waals surface area contributed by atoms with Crippen molar-refractivity contribution in [1.82, 2.24) is 5.32 Å². The van der Waals surface area contributed by atoms with Crippen LogP contribution in [0.1, 0.15) is 51.7 Å². The molecule has 0 radical (unpaired) electrons. The Kier molecular flexibility index (Phi) is 4.43. The standard InChI is InChI=1S/C18H30N2/c1-13-11-15(12-19-16-8-9-16)7-10-17(13)20(6)14(2)18(3,4)5/h7,10-11,14,16,19H,8-9,12H2,1-6H3. The van der Waals surface area contributed by atoms with Gasteiger partial charge in [0.1, 0.15) is 0 Å². The van der Waals surface area contributed by atoms with Crippen molar-refractivity contribution in [3.63, 3.8) is 0 Å². The van der Waals surface area contributed by atoms with E-state index >= 15 is 0 Å². The van der Waals surface area contributed by atoms with Crippen molar-refractivity contribution in [3.8, 4) is 0 Å². The molecule has 1 aromatic carbocycles. The summed E-state index contributed by atoms with van der Waals surface area (Å²) in [7, 11) is 2.21. The highest BCUT2D eigenvalue weighted by Gasteiger charge is 2.25. The van der Waals surface area contributed by atoms with Crippen LogP contribution in [0.15, 0.2) is 18.2 Å². The van der Waals surface area contributed by atoms with Gasteiger partial charge in [0.25, 0.3) is 0 Å². The Morgan fingerprint density at radius 2 is 1.95 bits per heavy atom. The van der Waals surface area contributed by atoms with Crippen molar-refractivity contribution in [2.75, 3.05) is 11.9 Å². The van der Waals surface area contributed by atoms with E-state index in [4.69, 9.17) is 0 Å². The second kappa shape index (κ2) is 5.77. The molecule has 1 fully saturated rings. The van der Waals surface area contributed by atoms with Crippen LogP contribution >= 0.6 is 0 Å². The summed E-state index contributed by atoms with van der Waals surface area (Å²) in [6.45, 7) is 12.4. The third kappa shape index (κ3) is 3.76. The van der Waals surface area contributed by atoms with Gasteiger partial charge >= 0.3 is 0 Å². The average Bonchev–Trinajstić information content (AvgIpc) is 3.17. The molecule has 0 amide bonds. The fraction of sp³-hybridized carbons (Fsp3) is 0.667. The van der Waals surface area contributed by atoms with E-state index in [0.29, 0.717) is 6.04 Å². The summed E-state index contributed by atoms with van der Waals surface area (Å²) in [5, 5.41) is 3.58. The van der Waals surface area contributed by atoms with Gasteiger partial charge in [-0.05, 0) is 49.3 Å². The second-order valence-corrected chi connectivity index (χ2v) is 7.43. The highest BCUT2D eigenvalue weighted by atomic mass is 15.1. The smallest absolute Gasteiger partial charge is 0.0396 e. The summed E-state index contributed by atoms with van der Waals surface area (Å²) in [6.07, 6.45) is 2.70. The molecule has 0 bridgehead atoms. The van der Waals surface area contributed by atoms with Crippen LogP contribution in [0, 0.1) is 12.3 Å². The minimum Gasteiger partial charge on any atom is -0.371 e. The molecule has 1 atom stereocenters. The van der Waals surface area contributed by atoms with Gasteiger partial charge in [0.15, 0.2) is 0 Å².